The van der Waals surface area contributed by atoms with Crippen molar-refractivity contribution in [3.63, 3.8) is 0 Å². The summed E-state index contributed by atoms with van der Waals surface area (Å²) in [6.07, 6.45) is 16.7. The highest BCUT2D eigenvalue weighted by atomic mass is 16.3. The largest absolute Gasteiger partial charge is 0.393 e. The van der Waals surface area contributed by atoms with Gasteiger partial charge in [-0.1, -0.05) is 59.8 Å². The number of rotatable bonds is 3. The Balaban J connectivity index is 1.39. The predicted molar refractivity (Wildman–Crippen MR) is 136 cm³/mol. The monoisotopic (exact) mass is 459 g/mol. The first-order valence-electron chi connectivity index (χ1n) is 14.9. The van der Waals surface area contributed by atoms with E-state index in [9.17, 15) is 5.11 Å². The van der Waals surface area contributed by atoms with Crippen LogP contribution in [0.1, 0.15) is 105 Å². The Morgan fingerprint density at radius 2 is 1.09 bits per heavy atom. The maximum atomic E-state index is 11.3. The van der Waals surface area contributed by atoms with Crippen LogP contribution >= 0.6 is 0 Å². The minimum absolute atomic E-state index is 0.152. The summed E-state index contributed by atoms with van der Waals surface area (Å²) in [6, 6.07) is 0. The lowest BCUT2D eigenvalue weighted by Gasteiger charge is -2.54. The molecule has 190 valence electrons. The molecule has 5 aliphatic rings. The molecule has 0 aromatic carbocycles. The molecule has 0 aromatic heterocycles. The number of aliphatic hydroxyl groups excluding tert-OH is 1. The van der Waals surface area contributed by atoms with Crippen molar-refractivity contribution in [2.24, 2.45) is 53.3 Å². The summed E-state index contributed by atoms with van der Waals surface area (Å²) >= 11 is 0. The second kappa shape index (κ2) is 10.4. The molecule has 1 heterocycles. The number of hydrogen-bond donors (Lipinski definition) is 4. The molecule has 5 rings (SSSR count). The van der Waals surface area contributed by atoms with E-state index in [1.807, 2.05) is 0 Å². The third kappa shape index (κ3) is 5.20. The van der Waals surface area contributed by atoms with Crippen molar-refractivity contribution in [2.45, 2.75) is 129 Å². The molecule has 5 fully saturated rings. The van der Waals surface area contributed by atoms with Gasteiger partial charge in [-0.25, -0.2) is 0 Å². The molecule has 4 saturated carbocycles. The van der Waals surface area contributed by atoms with Crippen LogP contribution < -0.4 is 16.0 Å². The highest BCUT2D eigenvalue weighted by Crippen LogP contribution is 2.46. The molecule has 12 unspecified atom stereocenters. The van der Waals surface area contributed by atoms with Crippen molar-refractivity contribution in [3.05, 3.63) is 0 Å². The smallest absolute Gasteiger partial charge is 0.0652 e. The minimum Gasteiger partial charge on any atom is -0.393 e. The maximum Gasteiger partial charge on any atom is 0.0652 e. The van der Waals surface area contributed by atoms with Crippen molar-refractivity contribution in [1.29, 1.82) is 0 Å². The number of aliphatic hydroxyl groups is 1. The minimum atomic E-state index is -0.152. The summed E-state index contributed by atoms with van der Waals surface area (Å²) in [5.74, 6) is 6.57. The molecule has 0 spiro atoms. The molecule has 33 heavy (non-hydrogen) atoms. The zero-order chi connectivity index (χ0) is 23.1. The predicted octanol–water partition coefficient (Wildman–Crippen LogP) is 5.47. The van der Waals surface area contributed by atoms with Crippen LogP contribution in [0.25, 0.3) is 0 Å². The first-order valence-corrected chi connectivity index (χ1v) is 14.9. The molecular weight excluding hydrogens is 406 g/mol. The second-order valence-corrected chi connectivity index (χ2v) is 13.5. The molecule has 0 radical (unpaired) electrons. The van der Waals surface area contributed by atoms with Crippen LogP contribution in [-0.2, 0) is 0 Å². The highest BCUT2D eigenvalue weighted by Gasteiger charge is 2.48. The van der Waals surface area contributed by atoms with Crippen molar-refractivity contribution in [1.82, 2.24) is 16.0 Å². The van der Waals surface area contributed by atoms with Gasteiger partial charge in [-0.15, -0.1) is 0 Å². The van der Waals surface area contributed by atoms with Gasteiger partial charge in [-0.3, -0.25) is 16.0 Å². The average molecular weight is 460 g/mol. The van der Waals surface area contributed by atoms with Crippen molar-refractivity contribution in [2.75, 3.05) is 0 Å². The fourth-order valence-corrected chi connectivity index (χ4v) is 9.24. The standard InChI is InChI=1S/C29H53N3O/c1-17-9-12-22(19(3)15-17)27-30-28(23-13-10-18(2)16-20(23)4)32-29(31-27)26-24-8-6-5-7-21(24)11-14-25(26)33/h17-33H,5-16H2,1-4H3. The normalized spacial score (nSPS) is 53.9. The van der Waals surface area contributed by atoms with Gasteiger partial charge in [0.25, 0.3) is 0 Å². The average Bonchev–Trinajstić information content (AvgIpc) is 2.78. The lowest BCUT2D eigenvalue weighted by molar-refractivity contribution is -0.0653. The van der Waals surface area contributed by atoms with E-state index in [1.165, 1.54) is 70.6 Å². The third-order valence-electron chi connectivity index (χ3n) is 11.1. The zero-order valence-corrected chi connectivity index (χ0v) is 21.9. The molecule has 0 bridgehead atoms. The molecule has 12 atom stereocenters. The van der Waals surface area contributed by atoms with Crippen LogP contribution in [0.3, 0.4) is 0 Å². The summed E-state index contributed by atoms with van der Waals surface area (Å²) in [6.45, 7) is 9.86. The van der Waals surface area contributed by atoms with Gasteiger partial charge in [0.2, 0.25) is 0 Å². The van der Waals surface area contributed by atoms with Gasteiger partial charge in [0.15, 0.2) is 0 Å². The first kappa shape index (κ1) is 24.5. The van der Waals surface area contributed by atoms with Crippen LogP contribution in [0.2, 0.25) is 0 Å². The Kier molecular flexibility index (Phi) is 7.77. The molecule has 0 amide bonds. The number of nitrogens with one attached hydrogen (secondary N) is 3. The van der Waals surface area contributed by atoms with E-state index < -0.39 is 0 Å². The summed E-state index contributed by atoms with van der Waals surface area (Å²) in [7, 11) is 0. The van der Waals surface area contributed by atoms with Gasteiger partial charge in [0.05, 0.1) is 24.6 Å². The lowest BCUT2D eigenvalue weighted by atomic mass is 9.63. The van der Waals surface area contributed by atoms with E-state index in [0.717, 1.165) is 36.0 Å². The molecule has 4 heteroatoms. The van der Waals surface area contributed by atoms with Crippen LogP contribution in [0.15, 0.2) is 0 Å². The number of hydrogen-bond acceptors (Lipinski definition) is 4. The Morgan fingerprint density at radius 1 is 0.545 bits per heavy atom. The molecule has 1 saturated heterocycles. The molecule has 4 aliphatic carbocycles. The van der Waals surface area contributed by atoms with E-state index in [-0.39, 0.29) is 12.3 Å². The van der Waals surface area contributed by atoms with Gasteiger partial charge in [0, 0.05) is 5.92 Å². The topological polar surface area (TPSA) is 56.3 Å². The van der Waals surface area contributed by atoms with Gasteiger partial charge >= 0.3 is 0 Å². The summed E-state index contributed by atoms with van der Waals surface area (Å²) in [5.41, 5.74) is 0. The molecule has 0 aromatic rings. The van der Waals surface area contributed by atoms with E-state index >= 15 is 0 Å². The van der Waals surface area contributed by atoms with Gasteiger partial charge in [-0.2, -0.15) is 0 Å². The second-order valence-electron chi connectivity index (χ2n) is 13.5. The van der Waals surface area contributed by atoms with E-state index in [2.05, 4.69) is 43.6 Å². The van der Waals surface area contributed by atoms with Gasteiger partial charge in [0.1, 0.15) is 0 Å². The Labute approximate surface area is 203 Å². The maximum absolute atomic E-state index is 11.3. The fourth-order valence-electron chi connectivity index (χ4n) is 9.24. The van der Waals surface area contributed by atoms with Crippen LogP contribution in [0.4, 0.5) is 0 Å². The van der Waals surface area contributed by atoms with E-state index in [0.29, 0.717) is 36.0 Å². The first-order chi connectivity index (χ1) is 15.9. The van der Waals surface area contributed by atoms with Gasteiger partial charge < -0.3 is 5.11 Å². The molecule has 1 aliphatic heterocycles. The van der Waals surface area contributed by atoms with Crippen molar-refractivity contribution in [3.8, 4) is 0 Å². The Bertz CT molecular complexity index is 608. The lowest BCUT2D eigenvalue weighted by Crippen LogP contribution is -2.75. The number of fused-ring (bicyclic) bond motifs is 1. The molecular formula is C29H53N3O. The van der Waals surface area contributed by atoms with E-state index in [1.54, 1.807) is 0 Å². The Hall–Kier alpha value is -0.160. The van der Waals surface area contributed by atoms with Crippen molar-refractivity contribution >= 4 is 0 Å². The summed E-state index contributed by atoms with van der Waals surface area (Å²) in [4.78, 5) is 0. The SMILES string of the molecule is CC1CCC(C2NC(C3CCC(C)CC3C)NC(C3C(O)CCC4CCCCC43)N2)C(C)C1. The van der Waals surface area contributed by atoms with E-state index in [4.69, 9.17) is 0 Å². The van der Waals surface area contributed by atoms with Gasteiger partial charge in [-0.05, 0) is 92.3 Å². The highest BCUT2D eigenvalue weighted by molar-refractivity contribution is 5.01. The fraction of sp³-hybridized carbons (Fsp3) is 1.00. The quantitative estimate of drug-likeness (QED) is 0.452. The summed E-state index contributed by atoms with van der Waals surface area (Å²) in [5, 5.41) is 23.7. The Morgan fingerprint density at radius 3 is 1.67 bits per heavy atom. The molecule has 4 nitrogen and oxygen atoms in total. The van der Waals surface area contributed by atoms with Crippen molar-refractivity contribution < 1.29 is 5.11 Å². The summed E-state index contributed by atoms with van der Waals surface area (Å²) < 4.78 is 0. The molecule has 4 N–H and O–H groups in total. The zero-order valence-electron chi connectivity index (χ0n) is 21.9. The van der Waals surface area contributed by atoms with Crippen LogP contribution in [0.5, 0.6) is 0 Å². The van der Waals surface area contributed by atoms with Crippen LogP contribution in [0, 0.1) is 53.3 Å². The van der Waals surface area contributed by atoms with Crippen LogP contribution in [-0.4, -0.2) is 29.7 Å². The third-order valence-corrected chi connectivity index (χ3v) is 11.1.